The molecule has 2 heterocycles. The highest BCUT2D eigenvalue weighted by molar-refractivity contribution is 6.30. The van der Waals surface area contributed by atoms with Gasteiger partial charge in [-0.2, -0.15) is 9.97 Å². The highest BCUT2D eigenvalue weighted by atomic mass is 35.5. The second kappa shape index (κ2) is 6.02. The summed E-state index contributed by atoms with van der Waals surface area (Å²) in [7, 11) is 1.70. The minimum Gasteiger partial charge on any atom is -0.478 e. The lowest BCUT2D eigenvalue weighted by Gasteiger charge is -2.09. The number of nitrogens with zero attached hydrogens (tertiary/aromatic N) is 4. The fourth-order valence-corrected chi connectivity index (χ4v) is 2.65. The van der Waals surface area contributed by atoms with Crippen LogP contribution in [0.1, 0.15) is 15.9 Å². The molecule has 2 aromatic heterocycles. The van der Waals surface area contributed by atoms with Crippen LogP contribution in [0.3, 0.4) is 0 Å². The van der Waals surface area contributed by atoms with E-state index in [-0.39, 0.29) is 17.4 Å². The number of carboxylic acid groups (broad SMARTS) is 1. The predicted molar refractivity (Wildman–Crippen MR) is 87.4 cm³/mol. The summed E-state index contributed by atoms with van der Waals surface area (Å²) < 4.78 is 1.70. The third-order valence-electron chi connectivity index (χ3n) is 3.31. The molecule has 0 bridgehead atoms. The molecule has 0 aliphatic carbocycles. The largest absolute Gasteiger partial charge is 0.478 e. The van der Waals surface area contributed by atoms with Crippen LogP contribution in [0.2, 0.25) is 10.3 Å². The third-order valence-corrected chi connectivity index (χ3v) is 3.72. The number of carboxylic acids is 1. The Morgan fingerprint density at radius 2 is 2.13 bits per heavy atom. The van der Waals surface area contributed by atoms with Crippen LogP contribution in [0.25, 0.3) is 11.2 Å². The summed E-state index contributed by atoms with van der Waals surface area (Å²) in [4.78, 5) is 23.8. The fraction of sp³-hybridized carbons (Fsp3) is 0.143. The van der Waals surface area contributed by atoms with E-state index in [0.717, 1.165) is 0 Å². The molecule has 0 aliphatic heterocycles. The van der Waals surface area contributed by atoms with Crippen molar-refractivity contribution in [3.05, 3.63) is 46.0 Å². The molecular formula is C14H11Cl2N5O2. The lowest BCUT2D eigenvalue weighted by molar-refractivity contribution is 0.0695. The summed E-state index contributed by atoms with van der Waals surface area (Å²) in [5.74, 6) is -0.520. The summed E-state index contributed by atoms with van der Waals surface area (Å²) in [6.45, 7) is 0.245. The van der Waals surface area contributed by atoms with Crippen LogP contribution in [-0.4, -0.2) is 37.6 Å². The van der Waals surface area contributed by atoms with Gasteiger partial charge in [0.05, 0.1) is 18.4 Å². The highest BCUT2D eigenvalue weighted by Crippen LogP contribution is 2.23. The molecule has 0 radical (unpaired) electrons. The third kappa shape index (κ3) is 2.93. The van der Waals surface area contributed by atoms with Crippen molar-refractivity contribution in [2.45, 2.75) is 6.54 Å². The maximum absolute atomic E-state index is 11.4. The van der Waals surface area contributed by atoms with Crippen molar-refractivity contribution in [1.29, 1.82) is 0 Å². The number of nitrogens with one attached hydrogen (secondary N) is 1. The minimum atomic E-state index is -1.02. The van der Waals surface area contributed by atoms with Crippen molar-refractivity contribution in [3.63, 3.8) is 0 Å². The van der Waals surface area contributed by atoms with E-state index < -0.39 is 5.97 Å². The zero-order chi connectivity index (χ0) is 16.6. The number of hydrogen-bond donors (Lipinski definition) is 2. The second-order valence-corrected chi connectivity index (χ2v) is 5.52. The van der Waals surface area contributed by atoms with Gasteiger partial charge in [0.25, 0.3) is 0 Å². The van der Waals surface area contributed by atoms with Gasteiger partial charge in [0.1, 0.15) is 0 Å². The molecule has 0 aliphatic rings. The molecule has 1 aromatic carbocycles. The molecule has 0 fully saturated rings. The molecule has 3 aromatic rings. The Hall–Kier alpha value is -2.38. The lowest BCUT2D eigenvalue weighted by atomic mass is 10.1. The zero-order valence-corrected chi connectivity index (χ0v) is 13.4. The Morgan fingerprint density at radius 3 is 2.83 bits per heavy atom. The normalized spacial score (nSPS) is 10.9. The molecule has 23 heavy (non-hydrogen) atoms. The minimum absolute atomic E-state index is 0.0770. The summed E-state index contributed by atoms with van der Waals surface area (Å²) in [5, 5.41) is 12.7. The van der Waals surface area contributed by atoms with Crippen molar-refractivity contribution >= 4 is 46.2 Å². The summed E-state index contributed by atoms with van der Waals surface area (Å²) in [6.07, 6.45) is 1.56. The SMILES string of the molecule is CNc1nc(Cl)nc2c1ncn2Cc1cc(Cl)ccc1C(=O)O. The number of carbonyl (C=O) groups is 1. The van der Waals surface area contributed by atoms with E-state index in [1.54, 1.807) is 30.1 Å². The van der Waals surface area contributed by atoms with Crippen molar-refractivity contribution < 1.29 is 9.90 Å². The van der Waals surface area contributed by atoms with Crippen LogP contribution < -0.4 is 5.32 Å². The van der Waals surface area contributed by atoms with Gasteiger partial charge in [-0.15, -0.1) is 0 Å². The van der Waals surface area contributed by atoms with E-state index in [1.165, 1.54) is 6.07 Å². The van der Waals surface area contributed by atoms with Gasteiger partial charge in [0.2, 0.25) is 5.28 Å². The number of fused-ring (bicyclic) bond motifs is 1. The first-order valence-electron chi connectivity index (χ1n) is 6.57. The van der Waals surface area contributed by atoms with Gasteiger partial charge < -0.3 is 15.0 Å². The number of aromatic carboxylic acids is 1. The number of aromatic nitrogens is 4. The van der Waals surface area contributed by atoms with Crippen molar-refractivity contribution in [1.82, 2.24) is 19.5 Å². The van der Waals surface area contributed by atoms with Crippen LogP contribution in [0.5, 0.6) is 0 Å². The number of benzene rings is 1. The molecule has 0 saturated carbocycles. The lowest BCUT2D eigenvalue weighted by Crippen LogP contribution is -2.07. The molecule has 9 heteroatoms. The van der Waals surface area contributed by atoms with Crippen LogP contribution in [-0.2, 0) is 6.54 Å². The van der Waals surface area contributed by atoms with E-state index in [9.17, 15) is 9.90 Å². The number of hydrogen-bond acceptors (Lipinski definition) is 5. The second-order valence-electron chi connectivity index (χ2n) is 4.74. The first-order chi connectivity index (χ1) is 11.0. The first kappa shape index (κ1) is 15.5. The first-order valence-corrected chi connectivity index (χ1v) is 7.33. The maximum Gasteiger partial charge on any atom is 0.336 e. The van der Waals surface area contributed by atoms with Crippen molar-refractivity contribution in [2.24, 2.45) is 0 Å². The predicted octanol–water partition coefficient (Wildman–Crippen LogP) is 2.92. The van der Waals surface area contributed by atoms with Gasteiger partial charge in [-0.1, -0.05) is 11.6 Å². The molecule has 0 unspecified atom stereocenters. The van der Waals surface area contributed by atoms with E-state index in [4.69, 9.17) is 23.2 Å². The highest BCUT2D eigenvalue weighted by Gasteiger charge is 2.15. The van der Waals surface area contributed by atoms with E-state index in [1.807, 2.05) is 0 Å². The molecular weight excluding hydrogens is 341 g/mol. The Balaban J connectivity index is 2.11. The fourth-order valence-electron chi connectivity index (χ4n) is 2.29. The topological polar surface area (TPSA) is 92.9 Å². The zero-order valence-electron chi connectivity index (χ0n) is 11.9. The molecule has 3 rings (SSSR count). The number of rotatable bonds is 4. The molecule has 0 spiro atoms. The number of imidazole rings is 1. The number of halogens is 2. The van der Waals surface area contributed by atoms with Crippen molar-refractivity contribution in [3.8, 4) is 0 Å². The summed E-state index contributed by atoms with van der Waals surface area (Å²) >= 11 is 11.9. The summed E-state index contributed by atoms with van der Waals surface area (Å²) in [6, 6.07) is 4.62. The summed E-state index contributed by atoms with van der Waals surface area (Å²) in [5.41, 5.74) is 1.77. The quantitative estimate of drug-likeness (QED) is 0.702. The van der Waals surface area contributed by atoms with Gasteiger partial charge in [0.15, 0.2) is 17.0 Å². The van der Waals surface area contributed by atoms with E-state index in [0.29, 0.717) is 27.6 Å². The van der Waals surface area contributed by atoms with E-state index >= 15 is 0 Å². The molecule has 118 valence electrons. The smallest absolute Gasteiger partial charge is 0.336 e. The average molecular weight is 352 g/mol. The standard InChI is InChI=1S/C14H11Cl2N5O2/c1-17-11-10-12(20-14(16)19-11)21(6-18-10)5-7-4-8(15)2-3-9(7)13(22)23/h2-4,6H,5H2,1H3,(H,22,23)(H,17,19,20). The van der Waals surface area contributed by atoms with Gasteiger partial charge in [-0.05, 0) is 35.4 Å². The Kier molecular flexibility index (Phi) is 4.06. The van der Waals surface area contributed by atoms with Gasteiger partial charge >= 0.3 is 5.97 Å². The van der Waals surface area contributed by atoms with Crippen LogP contribution in [0.4, 0.5) is 5.82 Å². The van der Waals surface area contributed by atoms with Gasteiger partial charge in [-0.3, -0.25) is 0 Å². The van der Waals surface area contributed by atoms with E-state index in [2.05, 4.69) is 20.3 Å². The van der Waals surface area contributed by atoms with Crippen LogP contribution in [0.15, 0.2) is 24.5 Å². The van der Waals surface area contributed by atoms with Crippen molar-refractivity contribution in [2.75, 3.05) is 12.4 Å². The average Bonchev–Trinajstić information content (AvgIpc) is 2.89. The Bertz CT molecular complexity index is 910. The van der Waals surface area contributed by atoms with Crippen LogP contribution >= 0.6 is 23.2 Å². The van der Waals surface area contributed by atoms with Crippen LogP contribution in [0, 0.1) is 0 Å². The maximum atomic E-state index is 11.4. The Labute approximate surface area is 140 Å². The Morgan fingerprint density at radius 1 is 1.35 bits per heavy atom. The monoisotopic (exact) mass is 351 g/mol. The molecule has 2 N–H and O–H groups in total. The number of anilines is 1. The molecule has 0 saturated heterocycles. The molecule has 7 nitrogen and oxygen atoms in total. The molecule has 0 atom stereocenters. The molecule has 0 amide bonds. The van der Waals surface area contributed by atoms with Gasteiger partial charge in [-0.25, -0.2) is 9.78 Å². The van der Waals surface area contributed by atoms with Gasteiger partial charge in [0, 0.05) is 12.1 Å².